The summed E-state index contributed by atoms with van der Waals surface area (Å²) in [6, 6.07) is 7.44. The fourth-order valence-corrected chi connectivity index (χ4v) is 1.98. The molecule has 122 valence electrons. The maximum absolute atomic E-state index is 11.8. The average Bonchev–Trinajstić information content (AvgIpc) is 2.50. The summed E-state index contributed by atoms with van der Waals surface area (Å²) < 4.78 is 10.3. The van der Waals surface area contributed by atoms with Crippen LogP contribution >= 0.6 is 0 Å². The van der Waals surface area contributed by atoms with E-state index in [9.17, 15) is 9.59 Å². The standard InChI is InChI=1S/C18H26O4/c1-3-5-11-21-17(19)13-15-9-7-8-10-16(15)14-18(20)22-12-6-4-2/h7-10H,3-6,11-14H2,1-2H3. The number of carbonyl (C=O) groups is 2. The van der Waals surface area contributed by atoms with Crippen LogP contribution in [0.15, 0.2) is 24.3 Å². The highest BCUT2D eigenvalue weighted by atomic mass is 16.5. The lowest BCUT2D eigenvalue weighted by Crippen LogP contribution is -2.13. The first-order valence-electron chi connectivity index (χ1n) is 8.05. The Kier molecular flexibility index (Phi) is 8.96. The quantitative estimate of drug-likeness (QED) is 0.491. The molecule has 0 aliphatic carbocycles. The minimum absolute atomic E-state index is 0.197. The summed E-state index contributed by atoms with van der Waals surface area (Å²) >= 11 is 0. The van der Waals surface area contributed by atoms with Crippen molar-refractivity contribution in [2.45, 2.75) is 52.4 Å². The molecule has 4 heteroatoms. The Hall–Kier alpha value is -1.84. The lowest BCUT2D eigenvalue weighted by molar-refractivity contribution is -0.144. The van der Waals surface area contributed by atoms with Gasteiger partial charge in [0.15, 0.2) is 0 Å². The molecular weight excluding hydrogens is 280 g/mol. The summed E-state index contributed by atoms with van der Waals surface area (Å²) in [6.45, 7) is 5.01. The highest BCUT2D eigenvalue weighted by molar-refractivity contribution is 5.76. The van der Waals surface area contributed by atoms with Gasteiger partial charge in [-0.15, -0.1) is 0 Å². The van der Waals surface area contributed by atoms with Gasteiger partial charge in [0.1, 0.15) is 0 Å². The van der Waals surface area contributed by atoms with E-state index < -0.39 is 0 Å². The predicted octanol–water partition coefficient (Wildman–Crippen LogP) is 3.46. The van der Waals surface area contributed by atoms with Gasteiger partial charge in [0, 0.05) is 0 Å². The van der Waals surface area contributed by atoms with E-state index in [4.69, 9.17) is 9.47 Å². The second-order valence-electron chi connectivity index (χ2n) is 5.27. The molecule has 0 spiro atoms. The van der Waals surface area contributed by atoms with Gasteiger partial charge >= 0.3 is 11.9 Å². The number of esters is 2. The molecule has 0 saturated carbocycles. The monoisotopic (exact) mass is 306 g/mol. The van der Waals surface area contributed by atoms with Crippen molar-refractivity contribution in [2.24, 2.45) is 0 Å². The molecule has 0 atom stereocenters. The Labute approximate surface area is 132 Å². The summed E-state index contributed by atoms with van der Waals surface area (Å²) in [5.41, 5.74) is 1.66. The van der Waals surface area contributed by atoms with Gasteiger partial charge in [0.2, 0.25) is 0 Å². The van der Waals surface area contributed by atoms with Crippen LogP contribution in [0.3, 0.4) is 0 Å². The van der Waals surface area contributed by atoms with Crippen LogP contribution in [0.5, 0.6) is 0 Å². The molecule has 0 unspecified atom stereocenters. The van der Waals surface area contributed by atoms with Crippen LogP contribution in [0.1, 0.15) is 50.7 Å². The van der Waals surface area contributed by atoms with Crippen LogP contribution in [0.4, 0.5) is 0 Å². The smallest absolute Gasteiger partial charge is 0.310 e. The van der Waals surface area contributed by atoms with Gasteiger partial charge in [-0.05, 0) is 24.0 Å². The topological polar surface area (TPSA) is 52.6 Å². The summed E-state index contributed by atoms with van der Waals surface area (Å²) in [6.07, 6.45) is 4.12. The van der Waals surface area contributed by atoms with E-state index in [-0.39, 0.29) is 24.8 Å². The van der Waals surface area contributed by atoms with Crippen molar-refractivity contribution in [1.29, 1.82) is 0 Å². The number of hydrogen-bond acceptors (Lipinski definition) is 4. The van der Waals surface area contributed by atoms with Crippen LogP contribution < -0.4 is 0 Å². The summed E-state index contributed by atoms with van der Waals surface area (Å²) in [5, 5.41) is 0. The zero-order chi connectivity index (χ0) is 16.2. The van der Waals surface area contributed by atoms with Gasteiger partial charge < -0.3 is 9.47 Å². The molecule has 0 amide bonds. The minimum Gasteiger partial charge on any atom is -0.465 e. The lowest BCUT2D eigenvalue weighted by Gasteiger charge is -2.09. The number of hydrogen-bond donors (Lipinski definition) is 0. The average molecular weight is 306 g/mol. The third kappa shape index (κ3) is 7.25. The highest BCUT2D eigenvalue weighted by Crippen LogP contribution is 2.12. The zero-order valence-corrected chi connectivity index (χ0v) is 13.6. The van der Waals surface area contributed by atoms with E-state index in [1.807, 2.05) is 38.1 Å². The van der Waals surface area contributed by atoms with Crippen LogP contribution in [0.25, 0.3) is 0 Å². The SMILES string of the molecule is CCCCOC(=O)Cc1ccccc1CC(=O)OCCCC. The molecule has 0 radical (unpaired) electrons. The molecule has 0 saturated heterocycles. The highest BCUT2D eigenvalue weighted by Gasteiger charge is 2.12. The Morgan fingerprint density at radius 1 is 0.818 bits per heavy atom. The Bertz CT molecular complexity index is 425. The molecule has 0 bridgehead atoms. The van der Waals surface area contributed by atoms with Crippen molar-refractivity contribution in [3.63, 3.8) is 0 Å². The fraction of sp³-hybridized carbons (Fsp3) is 0.556. The van der Waals surface area contributed by atoms with Crippen LogP contribution in [0, 0.1) is 0 Å². The minimum atomic E-state index is -0.250. The summed E-state index contributed by atoms with van der Waals surface area (Å²) in [7, 11) is 0. The van der Waals surface area contributed by atoms with Crippen molar-refractivity contribution in [3.8, 4) is 0 Å². The fourth-order valence-electron chi connectivity index (χ4n) is 1.98. The Morgan fingerprint density at radius 2 is 1.23 bits per heavy atom. The molecule has 4 nitrogen and oxygen atoms in total. The zero-order valence-electron chi connectivity index (χ0n) is 13.6. The molecule has 1 rings (SSSR count). The number of ether oxygens (including phenoxy) is 2. The normalized spacial score (nSPS) is 10.3. The molecule has 0 aliphatic heterocycles. The van der Waals surface area contributed by atoms with Gasteiger partial charge in [-0.2, -0.15) is 0 Å². The van der Waals surface area contributed by atoms with E-state index in [2.05, 4.69) is 0 Å². The first kappa shape index (κ1) is 18.2. The van der Waals surface area contributed by atoms with Gasteiger partial charge in [0.25, 0.3) is 0 Å². The number of carbonyl (C=O) groups excluding carboxylic acids is 2. The summed E-state index contributed by atoms with van der Waals surface area (Å²) in [4.78, 5) is 23.6. The first-order chi connectivity index (χ1) is 10.7. The Balaban J connectivity index is 2.54. The van der Waals surface area contributed by atoms with Crippen molar-refractivity contribution >= 4 is 11.9 Å². The number of benzene rings is 1. The third-order valence-electron chi connectivity index (χ3n) is 3.31. The molecule has 1 aromatic rings. The molecule has 0 aromatic heterocycles. The second kappa shape index (κ2) is 10.8. The maximum atomic E-state index is 11.8. The van der Waals surface area contributed by atoms with Crippen LogP contribution in [-0.4, -0.2) is 25.2 Å². The van der Waals surface area contributed by atoms with Gasteiger partial charge in [-0.1, -0.05) is 51.0 Å². The molecule has 0 fully saturated rings. The Morgan fingerprint density at radius 3 is 1.59 bits per heavy atom. The van der Waals surface area contributed by atoms with Crippen LogP contribution in [0.2, 0.25) is 0 Å². The van der Waals surface area contributed by atoms with Gasteiger partial charge in [-0.25, -0.2) is 0 Å². The lowest BCUT2D eigenvalue weighted by atomic mass is 10.0. The van der Waals surface area contributed by atoms with E-state index in [0.717, 1.165) is 36.8 Å². The van der Waals surface area contributed by atoms with Gasteiger partial charge in [-0.3, -0.25) is 9.59 Å². The number of unbranched alkanes of at least 4 members (excludes halogenated alkanes) is 2. The maximum Gasteiger partial charge on any atom is 0.310 e. The van der Waals surface area contributed by atoms with Crippen molar-refractivity contribution < 1.29 is 19.1 Å². The van der Waals surface area contributed by atoms with E-state index in [1.165, 1.54) is 0 Å². The molecule has 0 heterocycles. The second-order valence-corrected chi connectivity index (χ2v) is 5.27. The van der Waals surface area contributed by atoms with Crippen molar-refractivity contribution in [1.82, 2.24) is 0 Å². The molecule has 22 heavy (non-hydrogen) atoms. The molecule has 1 aromatic carbocycles. The van der Waals surface area contributed by atoms with E-state index in [1.54, 1.807) is 0 Å². The number of rotatable bonds is 10. The molecular formula is C18H26O4. The van der Waals surface area contributed by atoms with Crippen molar-refractivity contribution in [2.75, 3.05) is 13.2 Å². The van der Waals surface area contributed by atoms with Crippen molar-refractivity contribution in [3.05, 3.63) is 35.4 Å². The third-order valence-corrected chi connectivity index (χ3v) is 3.31. The predicted molar refractivity (Wildman–Crippen MR) is 85.6 cm³/mol. The van der Waals surface area contributed by atoms with Crippen LogP contribution in [-0.2, 0) is 31.9 Å². The van der Waals surface area contributed by atoms with E-state index >= 15 is 0 Å². The first-order valence-corrected chi connectivity index (χ1v) is 8.05. The molecule has 0 aliphatic rings. The molecule has 0 N–H and O–H groups in total. The largest absolute Gasteiger partial charge is 0.465 e. The van der Waals surface area contributed by atoms with E-state index in [0.29, 0.717) is 13.2 Å². The summed E-state index contributed by atoms with van der Waals surface area (Å²) in [5.74, 6) is -0.500. The van der Waals surface area contributed by atoms with Gasteiger partial charge in [0.05, 0.1) is 26.1 Å².